The van der Waals surface area contributed by atoms with Crippen molar-refractivity contribution in [1.29, 1.82) is 5.41 Å². The van der Waals surface area contributed by atoms with Gasteiger partial charge in [-0.15, -0.1) is 6.58 Å². The van der Waals surface area contributed by atoms with Crippen LogP contribution in [0.2, 0.25) is 0 Å². The molecule has 0 heterocycles. The molecule has 0 aromatic carbocycles. The van der Waals surface area contributed by atoms with E-state index in [-0.39, 0.29) is 0 Å². The molecule has 0 amide bonds. The normalized spacial score (nSPS) is 42.2. The zero-order valence-corrected chi connectivity index (χ0v) is 20.6. The Morgan fingerprint density at radius 2 is 1.76 bits per heavy atom. The first-order chi connectivity index (χ1) is 14.0. The zero-order chi connectivity index (χ0) is 21.8. The molecule has 0 bridgehead atoms. The van der Waals surface area contributed by atoms with Crippen LogP contribution in [0.25, 0.3) is 0 Å². The summed E-state index contributed by atoms with van der Waals surface area (Å²) >= 11 is 0. The van der Waals surface area contributed by atoms with E-state index in [0.29, 0.717) is 5.41 Å². The van der Waals surface area contributed by atoms with Crippen LogP contribution in [0.15, 0.2) is 24.3 Å². The van der Waals surface area contributed by atoms with Gasteiger partial charge >= 0.3 is 0 Å². The number of fused-ring (bicyclic) bond motifs is 3. The second kappa shape index (κ2) is 10.5. The van der Waals surface area contributed by atoms with E-state index in [4.69, 9.17) is 5.41 Å². The Balaban J connectivity index is 0.000000551. The molecular formula is C28H49N. The maximum absolute atomic E-state index is 8.00. The minimum absolute atomic E-state index is 0.575. The van der Waals surface area contributed by atoms with Crippen molar-refractivity contribution in [2.75, 3.05) is 0 Å². The maximum atomic E-state index is 8.00. The maximum Gasteiger partial charge on any atom is 0.0313 e. The lowest BCUT2D eigenvalue weighted by Crippen LogP contribution is -2.47. The zero-order valence-electron chi connectivity index (χ0n) is 20.6. The molecule has 4 aliphatic rings. The summed E-state index contributed by atoms with van der Waals surface area (Å²) in [5.41, 5.74) is 2.93. The van der Waals surface area contributed by atoms with E-state index in [2.05, 4.69) is 53.3 Å². The van der Waals surface area contributed by atoms with E-state index < -0.39 is 0 Å². The van der Waals surface area contributed by atoms with Gasteiger partial charge in [0.05, 0.1) is 0 Å². The van der Waals surface area contributed by atoms with Crippen molar-refractivity contribution < 1.29 is 0 Å². The summed E-state index contributed by atoms with van der Waals surface area (Å²) in [6.45, 7) is 19.7. The van der Waals surface area contributed by atoms with Gasteiger partial charge in [-0.1, -0.05) is 66.0 Å². The van der Waals surface area contributed by atoms with Crippen molar-refractivity contribution >= 4 is 5.71 Å². The van der Waals surface area contributed by atoms with Gasteiger partial charge in [0.2, 0.25) is 0 Å². The van der Waals surface area contributed by atoms with Crippen LogP contribution in [-0.2, 0) is 0 Å². The first kappa shape index (κ1) is 24.4. The molecule has 3 saturated carbocycles. The first-order valence-electron chi connectivity index (χ1n) is 12.9. The van der Waals surface area contributed by atoms with Crippen molar-refractivity contribution in [3.8, 4) is 0 Å². The van der Waals surface area contributed by atoms with Crippen molar-refractivity contribution in [1.82, 2.24) is 0 Å². The second-order valence-electron chi connectivity index (χ2n) is 9.98. The molecule has 0 radical (unpaired) electrons. The van der Waals surface area contributed by atoms with Gasteiger partial charge in [0.1, 0.15) is 0 Å². The first-order valence-corrected chi connectivity index (χ1v) is 12.9. The molecule has 8 atom stereocenters. The lowest BCUT2D eigenvalue weighted by atomic mass is 9.51. The van der Waals surface area contributed by atoms with Crippen LogP contribution in [-0.4, -0.2) is 5.71 Å². The Morgan fingerprint density at radius 1 is 1.10 bits per heavy atom. The summed E-state index contributed by atoms with van der Waals surface area (Å²) in [5.74, 6) is 6.24. The predicted molar refractivity (Wildman–Crippen MR) is 130 cm³/mol. The molecule has 166 valence electrons. The van der Waals surface area contributed by atoms with Crippen molar-refractivity contribution in [2.45, 2.75) is 99.8 Å². The van der Waals surface area contributed by atoms with Crippen molar-refractivity contribution in [3.63, 3.8) is 0 Å². The minimum atomic E-state index is 0.575. The SMILES string of the molecule is C=CC1C2CC2C2C(CC)C(C3CCC(=N)C=C3C)CCC12CC.CC.CCC. The van der Waals surface area contributed by atoms with Crippen molar-refractivity contribution in [2.24, 2.45) is 46.8 Å². The molecule has 0 spiro atoms. The highest BCUT2D eigenvalue weighted by molar-refractivity contribution is 5.93. The third kappa shape index (κ3) is 4.31. The molecule has 1 nitrogen and oxygen atoms in total. The highest BCUT2D eigenvalue weighted by Crippen LogP contribution is 2.74. The van der Waals surface area contributed by atoms with Crippen LogP contribution >= 0.6 is 0 Å². The van der Waals surface area contributed by atoms with E-state index in [1.807, 2.05) is 13.8 Å². The molecule has 0 aromatic rings. The van der Waals surface area contributed by atoms with Gasteiger partial charge in [-0.05, 0) is 98.4 Å². The molecule has 4 rings (SSSR count). The monoisotopic (exact) mass is 399 g/mol. The van der Waals surface area contributed by atoms with Crippen LogP contribution in [0.5, 0.6) is 0 Å². The molecule has 1 heteroatoms. The Hall–Kier alpha value is -0.850. The molecule has 0 saturated heterocycles. The fraction of sp³-hybridized carbons (Fsp3) is 0.821. The second-order valence-corrected chi connectivity index (χ2v) is 9.98. The number of allylic oxidation sites excluding steroid dienone is 3. The summed E-state index contributed by atoms with van der Waals surface area (Å²) in [4.78, 5) is 0. The summed E-state index contributed by atoms with van der Waals surface area (Å²) in [6.07, 6.45) is 15.0. The van der Waals surface area contributed by atoms with Gasteiger partial charge in [-0.25, -0.2) is 0 Å². The van der Waals surface area contributed by atoms with Gasteiger partial charge < -0.3 is 5.41 Å². The molecule has 8 unspecified atom stereocenters. The van der Waals surface area contributed by atoms with Crippen LogP contribution in [0.3, 0.4) is 0 Å². The number of hydrogen-bond donors (Lipinski definition) is 1. The quantitative estimate of drug-likeness (QED) is 0.457. The van der Waals surface area contributed by atoms with E-state index >= 15 is 0 Å². The van der Waals surface area contributed by atoms with Gasteiger partial charge in [-0.2, -0.15) is 0 Å². The van der Waals surface area contributed by atoms with Gasteiger partial charge in [0, 0.05) is 5.71 Å². The molecule has 0 aliphatic heterocycles. The molecule has 0 aromatic heterocycles. The minimum Gasteiger partial charge on any atom is -0.305 e. The van der Waals surface area contributed by atoms with Crippen LogP contribution < -0.4 is 0 Å². The standard InChI is InChI=1S/C23H35N.C3H8.C2H6/c1-5-16-18(17-9-8-15(24)12-14(17)4)10-11-23(7-3)21(6-2)19-13-20(19)22(16)23;1-3-2;1-2/h6,12,16-22,24H,2,5,7-11,13H2,1,3-4H3;3H2,1-2H3;1-2H3. The Morgan fingerprint density at radius 3 is 2.28 bits per heavy atom. The van der Waals surface area contributed by atoms with Crippen LogP contribution in [0.4, 0.5) is 0 Å². The van der Waals surface area contributed by atoms with Gasteiger partial charge in [0.15, 0.2) is 0 Å². The summed E-state index contributed by atoms with van der Waals surface area (Å²) in [7, 11) is 0. The molecule has 3 fully saturated rings. The Labute approximate surface area is 182 Å². The molecular weight excluding hydrogens is 350 g/mol. The third-order valence-electron chi connectivity index (χ3n) is 8.71. The van der Waals surface area contributed by atoms with E-state index in [1.54, 1.807) is 0 Å². The average Bonchev–Trinajstić information content (AvgIpc) is 3.44. The van der Waals surface area contributed by atoms with Crippen molar-refractivity contribution in [3.05, 3.63) is 24.3 Å². The largest absolute Gasteiger partial charge is 0.305 e. The molecule has 1 N–H and O–H groups in total. The van der Waals surface area contributed by atoms with Crippen LogP contribution in [0.1, 0.15) is 99.8 Å². The molecule has 29 heavy (non-hydrogen) atoms. The lowest BCUT2D eigenvalue weighted by Gasteiger charge is -2.54. The molecule has 4 aliphatic carbocycles. The smallest absolute Gasteiger partial charge is 0.0313 e. The van der Waals surface area contributed by atoms with Crippen LogP contribution in [0, 0.1) is 52.2 Å². The summed E-state index contributed by atoms with van der Waals surface area (Å²) in [6, 6.07) is 0. The topological polar surface area (TPSA) is 23.9 Å². The predicted octanol–water partition coefficient (Wildman–Crippen LogP) is 8.71. The van der Waals surface area contributed by atoms with E-state index in [0.717, 1.165) is 53.6 Å². The van der Waals surface area contributed by atoms with E-state index in [9.17, 15) is 0 Å². The van der Waals surface area contributed by atoms with E-state index in [1.165, 1.54) is 50.5 Å². The van der Waals surface area contributed by atoms with Gasteiger partial charge in [0.25, 0.3) is 0 Å². The Bertz CT molecular complexity index is 587. The summed E-state index contributed by atoms with van der Waals surface area (Å²) in [5, 5.41) is 8.00. The third-order valence-corrected chi connectivity index (χ3v) is 8.71. The number of rotatable bonds is 4. The Kier molecular flexibility index (Phi) is 8.80. The van der Waals surface area contributed by atoms with Gasteiger partial charge in [-0.3, -0.25) is 0 Å². The lowest BCUT2D eigenvalue weighted by molar-refractivity contribution is -0.0325. The summed E-state index contributed by atoms with van der Waals surface area (Å²) < 4.78 is 0. The highest BCUT2D eigenvalue weighted by Gasteiger charge is 2.68. The average molecular weight is 400 g/mol. The number of hydrogen-bond acceptors (Lipinski definition) is 1. The number of nitrogens with one attached hydrogen (secondary N) is 1. The fourth-order valence-electron chi connectivity index (χ4n) is 7.79. The fourth-order valence-corrected chi connectivity index (χ4v) is 7.79. The highest BCUT2D eigenvalue weighted by atomic mass is 14.7.